The fourth-order valence-corrected chi connectivity index (χ4v) is 3.62. The van der Waals surface area contributed by atoms with Gasteiger partial charge in [0, 0.05) is 39.0 Å². The number of nitrogens with one attached hydrogen (secondary N) is 2. The SMILES string of the molecule is CS(=O)(=O)NCCCc1nc(CCCNS(C)(=O)=O)nc(N2CCOCC2)n1. The van der Waals surface area contributed by atoms with Crippen molar-refractivity contribution in [3.8, 4) is 0 Å². The van der Waals surface area contributed by atoms with Gasteiger partial charge in [-0.1, -0.05) is 0 Å². The van der Waals surface area contributed by atoms with Gasteiger partial charge in [0.15, 0.2) is 0 Å². The zero-order valence-corrected chi connectivity index (χ0v) is 17.9. The van der Waals surface area contributed by atoms with Crippen LogP contribution in [0.5, 0.6) is 0 Å². The van der Waals surface area contributed by atoms with Crippen molar-refractivity contribution in [2.24, 2.45) is 0 Å². The van der Waals surface area contributed by atoms with E-state index in [2.05, 4.69) is 24.4 Å². The molecule has 1 aromatic heterocycles. The largest absolute Gasteiger partial charge is 0.378 e. The van der Waals surface area contributed by atoms with E-state index in [0.717, 1.165) is 12.5 Å². The second-order valence-corrected chi connectivity index (χ2v) is 10.3. The molecule has 0 unspecified atom stereocenters. The van der Waals surface area contributed by atoms with Crippen LogP contribution in [0.3, 0.4) is 0 Å². The van der Waals surface area contributed by atoms with Crippen LogP contribution < -0.4 is 14.3 Å². The van der Waals surface area contributed by atoms with Crippen LogP contribution in [0.4, 0.5) is 5.95 Å². The van der Waals surface area contributed by atoms with E-state index in [1.807, 2.05) is 4.90 Å². The van der Waals surface area contributed by atoms with Crippen LogP contribution in [0.2, 0.25) is 0 Å². The second-order valence-electron chi connectivity index (χ2n) is 6.61. The number of ether oxygens (including phenoxy) is 1. The van der Waals surface area contributed by atoms with E-state index in [0.29, 0.717) is 82.7 Å². The van der Waals surface area contributed by atoms with Crippen molar-refractivity contribution in [1.29, 1.82) is 0 Å². The van der Waals surface area contributed by atoms with Gasteiger partial charge in [-0.15, -0.1) is 0 Å². The minimum Gasteiger partial charge on any atom is -0.378 e. The summed E-state index contributed by atoms with van der Waals surface area (Å²) in [6, 6.07) is 0. The van der Waals surface area contributed by atoms with Crippen LogP contribution in [-0.4, -0.2) is 83.7 Å². The highest BCUT2D eigenvalue weighted by Crippen LogP contribution is 2.12. The molecule has 0 aromatic carbocycles. The summed E-state index contributed by atoms with van der Waals surface area (Å²) >= 11 is 0. The Morgan fingerprint density at radius 3 is 1.75 bits per heavy atom. The van der Waals surface area contributed by atoms with Crippen LogP contribution >= 0.6 is 0 Å². The standard InChI is InChI=1S/C15H28N6O5S2/c1-27(22,23)16-7-3-5-13-18-14(6-4-8-17-28(2,24)25)20-15(19-13)21-9-11-26-12-10-21/h16-17H,3-12H2,1-2H3. The number of morpholine rings is 1. The average Bonchev–Trinajstić information content (AvgIpc) is 2.61. The highest BCUT2D eigenvalue weighted by Gasteiger charge is 2.16. The van der Waals surface area contributed by atoms with E-state index in [1.54, 1.807) is 0 Å². The van der Waals surface area contributed by atoms with Crippen LogP contribution in [0.1, 0.15) is 24.5 Å². The van der Waals surface area contributed by atoms with Crippen molar-refractivity contribution in [3.05, 3.63) is 11.6 Å². The van der Waals surface area contributed by atoms with Gasteiger partial charge in [-0.25, -0.2) is 31.3 Å². The van der Waals surface area contributed by atoms with Crippen LogP contribution in [0, 0.1) is 0 Å². The minimum absolute atomic E-state index is 0.311. The van der Waals surface area contributed by atoms with Gasteiger partial charge in [-0.2, -0.15) is 9.97 Å². The van der Waals surface area contributed by atoms with Gasteiger partial charge < -0.3 is 9.64 Å². The molecule has 2 rings (SSSR count). The molecule has 1 saturated heterocycles. The summed E-state index contributed by atoms with van der Waals surface area (Å²) in [6.45, 7) is 3.21. The van der Waals surface area contributed by atoms with Crippen LogP contribution in [-0.2, 0) is 37.6 Å². The third-order valence-electron chi connectivity index (χ3n) is 3.89. The van der Waals surface area contributed by atoms with E-state index in [-0.39, 0.29) is 0 Å². The zero-order chi connectivity index (χ0) is 20.6. The van der Waals surface area contributed by atoms with E-state index in [1.165, 1.54) is 0 Å². The maximum atomic E-state index is 11.2. The van der Waals surface area contributed by atoms with Crippen molar-refractivity contribution in [3.63, 3.8) is 0 Å². The molecule has 0 radical (unpaired) electrons. The molecule has 0 bridgehead atoms. The smallest absolute Gasteiger partial charge is 0.229 e. The molecule has 0 spiro atoms. The number of rotatable bonds is 11. The van der Waals surface area contributed by atoms with Gasteiger partial charge in [0.2, 0.25) is 26.0 Å². The third-order valence-corrected chi connectivity index (χ3v) is 5.35. The maximum Gasteiger partial charge on any atom is 0.229 e. The summed E-state index contributed by atoms with van der Waals surface area (Å²) in [5.74, 6) is 1.77. The number of hydrogen-bond donors (Lipinski definition) is 2. The predicted octanol–water partition coefficient (Wildman–Crippen LogP) is -1.33. The van der Waals surface area contributed by atoms with E-state index >= 15 is 0 Å². The van der Waals surface area contributed by atoms with Crippen molar-refractivity contribution in [2.75, 3.05) is 56.8 Å². The molecule has 0 amide bonds. The predicted molar refractivity (Wildman–Crippen MR) is 105 cm³/mol. The fraction of sp³-hybridized carbons (Fsp3) is 0.800. The molecule has 1 aliphatic heterocycles. The third kappa shape index (κ3) is 9.19. The van der Waals surface area contributed by atoms with Crippen LogP contribution in [0.25, 0.3) is 0 Å². The maximum absolute atomic E-state index is 11.2. The number of sulfonamides is 2. The average molecular weight is 437 g/mol. The first kappa shape index (κ1) is 22.9. The first-order valence-corrected chi connectivity index (χ1v) is 12.9. The van der Waals surface area contributed by atoms with Crippen molar-refractivity contribution < 1.29 is 21.6 Å². The summed E-state index contributed by atoms with van der Waals surface area (Å²) in [7, 11) is -6.44. The lowest BCUT2D eigenvalue weighted by atomic mass is 10.2. The number of anilines is 1. The van der Waals surface area contributed by atoms with Gasteiger partial charge in [0.25, 0.3) is 0 Å². The molecule has 1 aromatic rings. The highest BCUT2D eigenvalue weighted by atomic mass is 32.2. The summed E-state index contributed by atoms with van der Waals surface area (Å²) in [5.41, 5.74) is 0. The Bertz CT molecular complexity index is 782. The van der Waals surface area contributed by atoms with Crippen LogP contribution in [0.15, 0.2) is 0 Å². The van der Waals surface area contributed by atoms with E-state index < -0.39 is 20.0 Å². The molecule has 2 heterocycles. The number of aromatic nitrogens is 3. The number of hydrogen-bond acceptors (Lipinski definition) is 9. The van der Waals surface area contributed by atoms with Crippen molar-refractivity contribution >= 4 is 26.0 Å². The topological polar surface area (TPSA) is 143 Å². The molecule has 1 fully saturated rings. The zero-order valence-electron chi connectivity index (χ0n) is 16.2. The van der Waals surface area contributed by atoms with E-state index in [4.69, 9.17) is 4.74 Å². The Morgan fingerprint density at radius 2 is 1.32 bits per heavy atom. The molecular formula is C15H28N6O5S2. The molecule has 0 aliphatic carbocycles. The minimum atomic E-state index is -3.22. The first-order chi connectivity index (χ1) is 13.1. The lowest BCUT2D eigenvalue weighted by Gasteiger charge is -2.27. The Balaban J connectivity index is 2.02. The molecule has 1 aliphatic rings. The number of nitrogens with zero attached hydrogens (tertiary/aromatic N) is 4. The molecule has 13 heteroatoms. The van der Waals surface area contributed by atoms with Gasteiger partial charge >= 0.3 is 0 Å². The highest BCUT2D eigenvalue weighted by molar-refractivity contribution is 7.89. The summed E-state index contributed by atoms with van der Waals surface area (Å²) < 4.78 is 54.9. The first-order valence-electron chi connectivity index (χ1n) is 9.08. The van der Waals surface area contributed by atoms with Gasteiger partial charge in [0.1, 0.15) is 11.6 Å². The van der Waals surface area contributed by atoms with Gasteiger partial charge in [-0.05, 0) is 12.8 Å². The Kier molecular flexibility index (Phi) is 8.49. The summed E-state index contributed by atoms with van der Waals surface area (Å²) in [5, 5.41) is 0. The summed E-state index contributed by atoms with van der Waals surface area (Å²) in [6.07, 6.45) is 4.39. The quantitative estimate of drug-likeness (QED) is 0.403. The molecular weight excluding hydrogens is 408 g/mol. The van der Waals surface area contributed by atoms with E-state index in [9.17, 15) is 16.8 Å². The van der Waals surface area contributed by atoms with Crippen molar-refractivity contribution in [1.82, 2.24) is 24.4 Å². The lowest BCUT2D eigenvalue weighted by Crippen LogP contribution is -2.37. The Hall–Kier alpha value is -1.41. The molecule has 0 atom stereocenters. The molecule has 28 heavy (non-hydrogen) atoms. The molecule has 0 saturated carbocycles. The monoisotopic (exact) mass is 436 g/mol. The van der Waals surface area contributed by atoms with Gasteiger partial charge in [0.05, 0.1) is 25.7 Å². The number of aryl methyl sites for hydroxylation is 2. The molecule has 160 valence electrons. The molecule has 2 N–H and O–H groups in total. The van der Waals surface area contributed by atoms with Gasteiger partial charge in [-0.3, -0.25) is 0 Å². The Labute approximate surface area is 166 Å². The Morgan fingerprint density at radius 1 is 0.857 bits per heavy atom. The fourth-order valence-electron chi connectivity index (χ4n) is 2.59. The summed E-state index contributed by atoms with van der Waals surface area (Å²) in [4.78, 5) is 15.5. The van der Waals surface area contributed by atoms with Crippen molar-refractivity contribution in [2.45, 2.75) is 25.7 Å². The molecule has 11 nitrogen and oxygen atoms in total. The lowest BCUT2D eigenvalue weighted by molar-refractivity contribution is 0.122. The normalized spacial score (nSPS) is 15.7. The second kappa shape index (κ2) is 10.4.